The van der Waals surface area contributed by atoms with E-state index in [4.69, 9.17) is 0 Å². The molecule has 2 atom stereocenters. The van der Waals surface area contributed by atoms with Crippen molar-refractivity contribution in [2.24, 2.45) is 0 Å². The molecule has 0 aromatic rings. The molecule has 2 heterocycles. The summed E-state index contributed by atoms with van der Waals surface area (Å²) in [6.07, 6.45) is 4.23. The highest BCUT2D eigenvalue weighted by Gasteiger charge is 2.26. The van der Waals surface area contributed by atoms with Crippen LogP contribution in [0.15, 0.2) is 0 Å². The number of hydrogen-bond acceptors (Lipinski definition) is 3. The van der Waals surface area contributed by atoms with Crippen LogP contribution in [0.5, 0.6) is 0 Å². The summed E-state index contributed by atoms with van der Waals surface area (Å²) in [5.41, 5.74) is 0. The molecule has 0 aromatic carbocycles. The van der Waals surface area contributed by atoms with Crippen molar-refractivity contribution in [3.63, 3.8) is 0 Å². The van der Waals surface area contributed by atoms with Crippen LogP contribution in [0.2, 0.25) is 0 Å². The molecule has 15 heavy (non-hydrogen) atoms. The fourth-order valence-electron chi connectivity index (χ4n) is 2.68. The molecule has 0 aromatic heterocycles. The molecule has 0 radical (unpaired) electrons. The van der Waals surface area contributed by atoms with Gasteiger partial charge in [-0.1, -0.05) is 13.8 Å². The van der Waals surface area contributed by atoms with Gasteiger partial charge in [0.05, 0.1) is 0 Å². The zero-order valence-electron chi connectivity index (χ0n) is 10.0. The molecule has 3 heteroatoms. The minimum atomic E-state index is 0.635. The van der Waals surface area contributed by atoms with Crippen LogP contribution in [0.3, 0.4) is 0 Å². The average molecular weight is 228 g/mol. The van der Waals surface area contributed by atoms with Gasteiger partial charge in [-0.25, -0.2) is 0 Å². The van der Waals surface area contributed by atoms with Crippen LogP contribution < -0.4 is 5.32 Å². The predicted octanol–water partition coefficient (Wildman–Crippen LogP) is 1.95. The summed E-state index contributed by atoms with van der Waals surface area (Å²) in [6, 6.07) is 1.38. The number of likely N-dealkylation sites (tertiary alicyclic amines) is 1. The third-order valence-electron chi connectivity index (χ3n) is 3.33. The van der Waals surface area contributed by atoms with Gasteiger partial charge in [0.25, 0.3) is 0 Å². The SMILES string of the molecule is CC(C)NC1CCN(CC2CCCS2)C1. The molecule has 2 aliphatic heterocycles. The molecule has 2 fully saturated rings. The van der Waals surface area contributed by atoms with Crippen molar-refractivity contribution in [3.8, 4) is 0 Å². The van der Waals surface area contributed by atoms with Crippen LogP contribution >= 0.6 is 11.8 Å². The fourth-order valence-corrected chi connectivity index (χ4v) is 4.00. The van der Waals surface area contributed by atoms with Gasteiger partial charge >= 0.3 is 0 Å². The Labute approximate surface area is 98.2 Å². The number of nitrogens with one attached hydrogen (secondary N) is 1. The van der Waals surface area contributed by atoms with E-state index >= 15 is 0 Å². The lowest BCUT2D eigenvalue weighted by atomic mass is 10.2. The maximum Gasteiger partial charge on any atom is 0.0209 e. The van der Waals surface area contributed by atoms with Gasteiger partial charge in [0.15, 0.2) is 0 Å². The molecule has 2 aliphatic rings. The second-order valence-corrected chi connectivity index (χ2v) is 6.61. The molecule has 0 saturated carbocycles. The second-order valence-electron chi connectivity index (χ2n) is 5.20. The zero-order chi connectivity index (χ0) is 10.7. The first-order valence-corrected chi connectivity index (χ1v) is 7.39. The van der Waals surface area contributed by atoms with Gasteiger partial charge in [-0.15, -0.1) is 0 Å². The Hall–Kier alpha value is 0.270. The number of rotatable bonds is 4. The van der Waals surface area contributed by atoms with Crippen molar-refractivity contribution in [1.29, 1.82) is 0 Å². The van der Waals surface area contributed by atoms with E-state index in [9.17, 15) is 0 Å². The summed E-state index contributed by atoms with van der Waals surface area (Å²) >= 11 is 2.18. The summed E-state index contributed by atoms with van der Waals surface area (Å²) < 4.78 is 0. The van der Waals surface area contributed by atoms with Gasteiger partial charge < -0.3 is 10.2 Å². The topological polar surface area (TPSA) is 15.3 Å². The Morgan fingerprint density at radius 3 is 2.93 bits per heavy atom. The third kappa shape index (κ3) is 3.65. The lowest BCUT2D eigenvalue weighted by Gasteiger charge is -2.20. The molecule has 0 aliphatic carbocycles. The van der Waals surface area contributed by atoms with Crippen molar-refractivity contribution in [3.05, 3.63) is 0 Å². The van der Waals surface area contributed by atoms with Crippen LogP contribution in [0.1, 0.15) is 33.1 Å². The van der Waals surface area contributed by atoms with E-state index in [-0.39, 0.29) is 0 Å². The van der Waals surface area contributed by atoms with Crippen molar-refractivity contribution < 1.29 is 0 Å². The van der Waals surface area contributed by atoms with Crippen LogP contribution in [0.4, 0.5) is 0 Å². The highest BCUT2D eigenvalue weighted by atomic mass is 32.2. The molecule has 2 unspecified atom stereocenters. The average Bonchev–Trinajstić information content (AvgIpc) is 2.77. The van der Waals surface area contributed by atoms with E-state index in [2.05, 4.69) is 35.8 Å². The largest absolute Gasteiger partial charge is 0.310 e. The highest BCUT2D eigenvalue weighted by Crippen LogP contribution is 2.27. The van der Waals surface area contributed by atoms with E-state index in [0.29, 0.717) is 6.04 Å². The lowest BCUT2D eigenvalue weighted by Crippen LogP contribution is -2.38. The normalized spacial score (nSPS) is 33.0. The fraction of sp³-hybridized carbons (Fsp3) is 1.00. The number of nitrogens with zero attached hydrogens (tertiary/aromatic N) is 1. The van der Waals surface area contributed by atoms with Crippen LogP contribution in [0, 0.1) is 0 Å². The molecule has 0 amide bonds. The van der Waals surface area contributed by atoms with E-state index in [1.807, 2.05) is 0 Å². The Morgan fingerprint density at radius 2 is 2.27 bits per heavy atom. The highest BCUT2D eigenvalue weighted by molar-refractivity contribution is 8.00. The van der Waals surface area contributed by atoms with Crippen molar-refractivity contribution in [1.82, 2.24) is 10.2 Å². The van der Waals surface area contributed by atoms with E-state index in [1.165, 1.54) is 44.6 Å². The summed E-state index contributed by atoms with van der Waals surface area (Å²) in [5, 5.41) is 4.58. The van der Waals surface area contributed by atoms with Crippen molar-refractivity contribution in [2.45, 2.75) is 50.4 Å². The molecule has 1 N–H and O–H groups in total. The van der Waals surface area contributed by atoms with Crippen LogP contribution in [0.25, 0.3) is 0 Å². The third-order valence-corrected chi connectivity index (χ3v) is 4.71. The van der Waals surface area contributed by atoms with E-state index in [0.717, 1.165) is 11.3 Å². The van der Waals surface area contributed by atoms with Crippen molar-refractivity contribution >= 4 is 11.8 Å². The van der Waals surface area contributed by atoms with Gasteiger partial charge in [0, 0.05) is 30.4 Å². The van der Waals surface area contributed by atoms with Gasteiger partial charge in [-0.3, -0.25) is 0 Å². The summed E-state index contributed by atoms with van der Waals surface area (Å²) in [5.74, 6) is 1.40. The molecular formula is C12H24N2S. The molecule has 2 rings (SSSR count). The van der Waals surface area contributed by atoms with Gasteiger partial charge in [0.2, 0.25) is 0 Å². The Morgan fingerprint density at radius 1 is 1.40 bits per heavy atom. The minimum absolute atomic E-state index is 0.635. The monoisotopic (exact) mass is 228 g/mol. The maximum atomic E-state index is 3.65. The summed E-state index contributed by atoms with van der Waals surface area (Å²) in [7, 11) is 0. The Kier molecular flexibility index (Phi) is 4.35. The minimum Gasteiger partial charge on any atom is -0.310 e. The zero-order valence-corrected chi connectivity index (χ0v) is 10.9. The molecule has 2 nitrogen and oxygen atoms in total. The molecule has 0 spiro atoms. The maximum absolute atomic E-state index is 3.65. The van der Waals surface area contributed by atoms with Crippen LogP contribution in [-0.2, 0) is 0 Å². The molecule has 2 saturated heterocycles. The van der Waals surface area contributed by atoms with Gasteiger partial charge in [-0.2, -0.15) is 11.8 Å². The molecular weight excluding hydrogens is 204 g/mol. The first kappa shape index (κ1) is 11.7. The quantitative estimate of drug-likeness (QED) is 0.792. The van der Waals surface area contributed by atoms with Crippen molar-refractivity contribution in [2.75, 3.05) is 25.4 Å². The van der Waals surface area contributed by atoms with Gasteiger partial charge in [0.1, 0.15) is 0 Å². The molecule has 0 bridgehead atoms. The standard InChI is InChI=1S/C12H24N2S/c1-10(2)13-11-5-6-14(8-11)9-12-4-3-7-15-12/h10-13H,3-9H2,1-2H3. The summed E-state index contributed by atoms with van der Waals surface area (Å²) in [6.45, 7) is 8.41. The lowest BCUT2D eigenvalue weighted by molar-refractivity contribution is 0.323. The smallest absolute Gasteiger partial charge is 0.0209 e. The molecule has 88 valence electrons. The first-order valence-electron chi connectivity index (χ1n) is 6.34. The van der Waals surface area contributed by atoms with Gasteiger partial charge in [-0.05, 0) is 31.6 Å². The Bertz CT molecular complexity index is 190. The predicted molar refractivity (Wildman–Crippen MR) is 68.6 cm³/mol. The summed E-state index contributed by atoms with van der Waals surface area (Å²) in [4.78, 5) is 2.66. The first-order chi connectivity index (χ1) is 7.24. The number of hydrogen-bond donors (Lipinski definition) is 1. The van der Waals surface area contributed by atoms with E-state index in [1.54, 1.807) is 0 Å². The van der Waals surface area contributed by atoms with E-state index < -0.39 is 0 Å². The second kappa shape index (κ2) is 5.55. The number of thioether (sulfide) groups is 1. The Balaban J connectivity index is 1.67. The van der Waals surface area contributed by atoms with Crippen LogP contribution in [-0.4, -0.2) is 47.6 Å².